The van der Waals surface area contributed by atoms with Crippen LogP contribution in [0.1, 0.15) is 32.3 Å². The minimum Gasteiger partial charge on any atom is -0.496 e. The van der Waals surface area contributed by atoms with Gasteiger partial charge in [-0.05, 0) is 50.2 Å². The second-order valence-electron chi connectivity index (χ2n) is 7.06. The molecule has 0 N–H and O–H groups in total. The van der Waals surface area contributed by atoms with E-state index in [1.54, 1.807) is 7.11 Å². The van der Waals surface area contributed by atoms with E-state index in [-0.39, 0.29) is 5.92 Å². The number of carbonyl (C=O) groups excluding carboxylic acids is 1. The number of amides is 1. The van der Waals surface area contributed by atoms with Gasteiger partial charge in [0.15, 0.2) is 0 Å². The first-order valence-corrected chi connectivity index (χ1v) is 9.73. The highest BCUT2D eigenvalue weighted by Crippen LogP contribution is 2.30. The van der Waals surface area contributed by atoms with Crippen LogP contribution in [-0.2, 0) is 11.3 Å². The number of rotatable bonds is 6. The molecule has 0 saturated carbocycles. The Labute approximate surface area is 156 Å². The molecule has 1 fully saturated rings. The lowest BCUT2D eigenvalue weighted by Crippen LogP contribution is -2.44. The maximum absolute atomic E-state index is 12.7. The molecule has 1 atom stereocenters. The zero-order chi connectivity index (χ0) is 18.5. The lowest BCUT2D eigenvalue weighted by atomic mass is 9.95. The molecule has 1 aliphatic heterocycles. The van der Waals surface area contributed by atoms with Crippen LogP contribution in [0.4, 0.5) is 0 Å². The summed E-state index contributed by atoms with van der Waals surface area (Å²) < 4.78 is 5.51. The van der Waals surface area contributed by atoms with E-state index in [2.05, 4.69) is 49.1 Å². The van der Waals surface area contributed by atoms with Gasteiger partial charge in [-0.3, -0.25) is 9.69 Å². The monoisotopic (exact) mass is 354 g/mol. The maximum Gasteiger partial charge on any atom is 0.226 e. The van der Waals surface area contributed by atoms with E-state index in [9.17, 15) is 4.79 Å². The third kappa shape index (κ3) is 3.85. The van der Waals surface area contributed by atoms with Crippen molar-refractivity contribution in [3.63, 3.8) is 0 Å². The first kappa shape index (κ1) is 18.7. The summed E-state index contributed by atoms with van der Waals surface area (Å²) in [7, 11) is 1.72. The molecular formula is C22H30N2O2. The van der Waals surface area contributed by atoms with Crippen molar-refractivity contribution in [2.45, 2.75) is 33.2 Å². The van der Waals surface area contributed by atoms with Crippen molar-refractivity contribution in [3.8, 4) is 5.75 Å². The summed E-state index contributed by atoms with van der Waals surface area (Å²) in [4.78, 5) is 17.1. The molecule has 1 heterocycles. The van der Waals surface area contributed by atoms with Gasteiger partial charge >= 0.3 is 0 Å². The molecule has 1 aliphatic rings. The first-order chi connectivity index (χ1) is 12.7. The lowest BCUT2D eigenvalue weighted by molar-refractivity contribution is -0.137. The summed E-state index contributed by atoms with van der Waals surface area (Å²) in [6, 6.07) is 12.6. The van der Waals surface area contributed by atoms with E-state index >= 15 is 0 Å². The van der Waals surface area contributed by atoms with Gasteiger partial charge in [-0.1, -0.05) is 30.3 Å². The number of nitrogens with zero attached hydrogens (tertiary/aromatic N) is 2. The van der Waals surface area contributed by atoms with E-state index in [1.807, 2.05) is 11.0 Å². The van der Waals surface area contributed by atoms with Gasteiger partial charge in [0, 0.05) is 31.6 Å². The summed E-state index contributed by atoms with van der Waals surface area (Å²) in [5.74, 6) is 1.37. The van der Waals surface area contributed by atoms with Crippen molar-refractivity contribution >= 4 is 16.7 Å². The summed E-state index contributed by atoms with van der Waals surface area (Å²) >= 11 is 0. The van der Waals surface area contributed by atoms with Gasteiger partial charge in [-0.25, -0.2) is 0 Å². The highest BCUT2D eigenvalue weighted by molar-refractivity contribution is 5.91. The Morgan fingerprint density at radius 1 is 1.15 bits per heavy atom. The molecule has 0 spiro atoms. The van der Waals surface area contributed by atoms with Crippen molar-refractivity contribution in [1.82, 2.24) is 9.80 Å². The van der Waals surface area contributed by atoms with Crippen molar-refractivity contribution in [2.24, 2.45) is 5.92 Å². The predicted molar refractivity (Wildman–Crippen MR) is 106 cm³/mol. The normalized spacial score (nSPS) is 18.0. The van der Waals surface area contributed by atoms with Gasteiger partial charge in [0.2, 0.25) is 5.91 Å². The zero-order valence-electron chi connectivity index (χ0n) is 16.2. The van der Waals surface area contributed by atoms with Crippen molar-refractivity contribution in [1.29, 1.82) is 0 Å². The van der Waals surface area contributed by atoms with Gasteiger partial charge in [-0.15, -0.1) is 0 Å². The predicted octanol–water partition coefficient (Wildman–Crippen LogP) is 3.93. The van der Waals surface area contributed by atoms with Crippen LogP contribution in [0.3, 0.4) is 0 Å². The average molecular weight is 354 g/mol. The molecule has 0 radical (unpaired) electrons. The van der Waals surface area contributed by atoms with Crippen LogP contribution in [0.2, 0.25) is 0 Å². The average Bonchev–Trinajstić information content (AvgIpc) is 2.69. The van der Waals surface area contributed by atoms with E-state index in [0.717, 1.165) is 56.7 Å². The van der Waals surface area contributed by atoms with Crippen molar-refractivity contribution in [3.05, 3.63) is 42.0 Å². The highest BCUT2D eigenvalue weighted by Gasteiger charge is 2.28. The Morgan fingerprint density at radius 2 is 1.88 bits per heavy atom. The zero-order valence-corrected chi connectivity index (χ0v) is 16.2. The molecule has 1 amide bonds. The topological polar surface area (TPSA) is 32.8 Å². The van der Waals surface area contributed by atoms with Crippen LogP contribution in [0.5, 0.6) is 5.75 Å². The molecule has 0 aliphatic carbocycles. The number of carbonyl (C=O) groups is 1. The van der Waals surface area contributed by atoms with Crippen LogP contribution in [0.25, 0.3) is 10.8 Å². The lowest BCUT2D eigenvalue weighted by Gasteiger charge is -2.34. The quantitative estimate of drug-likeness (QED) is 0.788. The fraction of sp³-hybridized carbons (Fsp3) is 0.500. The summed E-state index contributed by atoms with van der Waals surface area (Å²) in [5, 5.41) is 2.39. The number of likely N-dealkylation sites (tertiary alicyclic amines) is 1. The molecule has 4 heteroatoms. The fourth-order valence-corrected chi connectivity index (χ4v) is 4.08. The molecular weight excluding hydrogens is 324 g/mol. The van der Waals surface area contributed by atoms with Gasteiger partial charge in [0.25, 0.3) is 0 Å². The van der Waals surface area contributed by atoms with Crippen LogP contribution in [-0.4, -0.2) is 49.0 Å². The summed E-state index contributed by atoms with van der Waals surface area (Å²) in [5.41, 5.74) is 1.30. The molecule has 1 saturated heterocycles. The largest absolute Gasteiger partial charge is 0.496 e. The van der Waals surface area contributed by atoms with Crippen LogP contribution >= 0.6 is 0 Å². The molecule has 0 bridgehead atoms. The van der Waals surface area contributed by atoms with E-state index in [4.69, 9.17) is 4.74 Å². The second kappa shape index (κ2) is 8.54. The maximum atomic E-state index is 12.7. The van der Waals surface area contributed by atoms with E-state index in [0.29, 0.717) is 5.91 Å². The minimum absolute atomic E-state index is 0.133. The highest BCUT2D eigenvalue weighted by atomic mass is 16.5. The van der Waals surface area contributed by atoms with Gasteiger partial charge in [-0.2, -0.15) is 0 Å². The Bertz CT molecular complexity index is 755. The minimum atomic E-state index is 0.133. The summed E-state index contributed by atoms with van der Waals surface area (Å²) in [6.45, 7) is 8.52. The Balaban J connectivity index is 1.77. The molecule has 2 aromatic rings. The van der Waals surface area contributed by atoms with Crippen molar-refractivity contribution < 1.29 is 9.53 Å². The van der Waals surface area contributed by atoms with Crippen LogP contribution in [0, 0.1) is 5.92 Å². The van der Waals surface area contributed by atoms with Crippen LogP contribution in [0.15, 0.2) is 36.4 Å². The van der Waals surface area contributed by atoms with Crippen molar-refractivity contribution in [2.75, 3.05) is 33.3 Å². The number of fused-ring (bicyclic) bond motifs is 1. The number of piperidine rings is 1. The number of hydrogen-bond donors (Lipinski definition) is 0. The van der Waals surface area contributed by atoms with Gasteiger partial charge in [0.05, 0.1) is 13.0 Å². The fourth-order valence-electron chi connectivity index (χ4n) is 4.08. The third-order valence-corrected chi connectivity index (χ3v) is 5.52. The first-order valence-electron chi connectivity index (χ1n) is 9.73. The standard InChI is InChI=1S/C22H30N2O2/c1-4-24(5-2)22(25)18-9-8-14-23(16-18)15-17-12-13-21(26-3)20-11-7-6-10-19(17)20/h6-7,10-13,18H,4-5,8-9,14-16H2,1-3H3/t18-/m0/s1. The third-order valence-electron chi connectivity index (χ3n) is 5.52. The number of hydrogen-bond acceptors (Lipinski definition) is 3. The molecule has 3 rings (SSSR count). The molecule has 140 valence electrons. The molecule has 4 nitrogen and oxygen atoms in total. The summed E-state index contributed by atoms with van der Waals surface area (Å²) in [6.07, 6.45) is 2.10. The number of ether oxygens (including phenoxy) is 1. The molecule has 0 aromatic heterocycles. The number of methoxy groups -OCH3 is 1. The second-order valence-corrected chi connectivity index (χ2v) is 7.06. The smallest absolute Gasteiger partial charge is 0.226 e. The SMILES string of the molecule is CCN(CC)C(=O)[C@H]1CCCN(Cc2ccc(OC)c3ccccc23)C1. The Morgan fingerprint density at radius 3 is 2.58 bits per heavy atom. The van der Waals surface area contributed by atoms with E-state index in [1.165, 1.54) is 10.9 Å². The van der Waals surface area contributed by atoms with Crippen LogP contribution < -0.4 is 4.74 Å². The molecule has 0 unspecified atom stereocenters. The van der Waals surface area contributed by atoms with E-state index < -0.39 is 0 Å². The molecule has 26 heavy (non-hydrogen) atoms. The van der Waals surface area contributed by atoms with Gasteiger partial charge in [0.1, 0.15) is 5.75 Å². The Hall–Kier alpha value is -2.07. The number of benzene rings is 2. The molecule has 2 aromatic carbocycles. The Kier molecular flexibility index (Phi) is 6.15. The van der Waals surface area contributed by atoms with Gasteiger partial charge < -0.3 is 9.64 Å².